The highest BCUT2D eigenvalue weighted by Crippen LogP contribution is 2.19. The van der Waals surface area contributed by atoms with E-state index in [0.29, 0.717) is 23.0 Å². The van der Waals surface area contributed by atoms with Crippen molar-refractivity contribution in [1.82, 2.24) is 9.38 Å². The molecule has 2 aromatic heterocycles. The highest BCUT2D eigenvalue weighted by molar-refractivity contribution is 6.07. The Kier molecular flexibility index (Phi) is 5.02. The maximum Gasteiger partial charge on any atom is 0.276 e. The lowest BCUT2D eigenvalue weighted by atomic mass is 10.1. The molecular formula is C20H22N4O2. The first-order valence-electron chi connectivity index (χ1n) is 8.59. The van der Waals surface area contributed by atoms with E-state index in [1.807, 2.05) is 28.8 Å². The smallest absolute Gasteiger partial charge is 0.276 e. The lowest BCUT2D eigenvalue weighted by molar-refractivity contribution is -0.114. The quantitative estimate of drug-likeness (QED) is 0.736. The van der Waals surface area contributed by atoms with Gasteiger partial charge >= 0.3 is 0 Å². The van der Waals surface area contributed by atoms with E-state index in [2.05, 4.69) is 29.5 Å². The zero-order valence-electron chi connectivity index (χ0n) is 15.1. The van der Waals surface area contributed by atoms with Gasteiger partial charge in [-0.25, -0.2) is 4.98 Å². The van der Waals surface area contributed by atoms with Crippen molar-refractivity contribution in [2.75, 3.05) is 10.6 Å². The number of imidazole rings is 1. The normalized spacial score (nSPS) is 10.9. The van der Waals surface area contributed by atoms with E-state index >= 15 is 0 Å². The molecule has 3 rings (SSSR count). The largest absolute Gasteiger partial charge is 0.326 e. The summed E-state index contributed by atoms with van der Waals surface area (Å²) in [5.41, 5.74) is 2.52. The summed E-state index contributed by atoms with van der Waals surface area (Å²) in [6.45, 7) is 5.70. The van der Waals surface area contributed by atoms with Crippen LogP contribution >= 0.6 is 0 Å². The van der Waals surface area contributed by atoms with E-state index in [-0.39, 0.29) is 11.8 Å². The predicted molar refractivity (Wildman–Crippen MR) is 102 cm³/mol. The molecule has 0 fully saturated rings. The highest BCUT2D eigenvalue weighted by atomic mass is 16.2. The minimum absolute atomic E-state index is 0.135. The molecule has 0 aliphatic carbocycles. The molecule has 0 atom stereocenters. The average Bonchev–Trinajstić information content (AvgIpc) is 2.94. The highest BCUT2D eigenvalue weighted by Gasteiger charge is 2.18. The van der Waals surface area contributed by atoms with Gasteiger partial charge in [0.25, 0.3) is 5.91 Å². The number of carbonyl (C=O) groups excluding carboxylic acids is 2. The van der Waals surface area contributed by atoms with Crippen LogP contribution in [0.3, 0.4) is 0 Å². The topological polar surface area (TPSA) is 75.5 Å². The van der Waals surface area contributed by atoms with Gasteiger partial charge in [-0.05, 0) is 42.3 Å². The molecule has 6 nitrogen and oxygen atoms in total. The van der Waals surface area contributed by atoms with E-state index in [9.17, 15) is 9.59 Å². The number of aromatic nitrogens is 2. The number of hydrogen-bond acceptors (Lipinski definition) is 3. The molecule has 1 aromatic carbocycles. The number of pyridine rings is 1. The third-order valence-corrected chi connectivity index (χ3v) is 3.89. The fourth-order valence-electron chi connectivity index (χ4n) is 2.81. The van der Waals surface area contributed by atoms with Gasteiger partial charge in [-0.15, -0.1) is 0 Å². The van der Waals surface area contributed by atoms with Gasteiger partial charge in [0, 0.05) is 30.9 Å². The van der Waals surface area contributed by atoms with E-state index in [1.165, 1.54) is 6.92 Å². The number of amides is 2. The van der Waals surface area contributed by atoms with Gasteiger partial charge in [-0.2, -0.15) is 0 Å². The van der Waals surface area contributed by atoms with Gasteiger partial charge in [0.2, 0.25) is 5.91 Å². The molecule has 0 unspecified atom stereocenters. The zero-order valence-corrected chi connectivity index (χ0v) is 15.1. The Morgan fingerprint density at radius 3 is 2.31 bits per heavy atom. The molecule has 0 radical (unpaired) electrons. The van der Waals surface area contributed by atoms with E-state index < -0.39 is 0 Å². The van der Waals surface area contributed by atoms with Crippen LogP contribution in [0.2, 0.25) is 0 Å². The Labute approximate surface area is 152 Å². The molecule has 0 aliphatic heterocycles. The van der Waals surface area contributed by atoms with Crippen LogP contribution in [0.4, 0.5) is 11.4 Å². The summed E-state index contributed by atoms with van der Waals surface area (Å²) >= 11 is 0. The van der Waals surface area contributed by atoms with Crippen molar-refractivity contribution in [3.05, 3.63) is 60.2 Å². The SMILES string of the molecule is CC(=O)Nc1ccc(NC(=O)c2nc(CC(C)C)n3ccccc23)cc1. The Bertz CT molecular complexity index is 942. The number of anilines is 2. The Balaban J connectivity index is 1.84. The first-order valence-corrected chi connectivity index (χ1v) is 8.59. The van der Waals surface area contributed by atoms with Crippen molar-refractivity contribution in [2.45, 2.75) is 27.2 Å². The molecule has 0 bridgehead atoms. The van der Waals surface area contributed by atoms with Gasteiger partial charge in [-0.1, -0.05) is 19.9 Å². The molecule has 26 heavy (non-hydrogen) atoms. The van der Waals surface area contributed by atoms with Crippen molar-refractivity contribution in [1.29, 1.82) is 0 Å². The molecule has 2 heterocycles. The van der Waals surface area contributed by atoms with Crippen LogP contribution in [-0.4, -0.2) is 21.2 Å². The number of benzene rings is 1. The van der Waals surface area contributed by atoms with E-state index in [1.54, 1.807) is 24.3 Å². The second kappa shape index (κ2) is 7.39. The summed E-state index contributed by atoms with van der Waals surface area (Å²) in [6.07, 6.45) is 2.73. The van der Waals surface area contributed by atoms with Crippen LogP contribution in [0.5, 0.6) is 0 Å². The standard InChI is InChI=1S/C20H22N4O2/c1-13(2)12-18-23-19(17-6-4-5-11-24(17)18)20(26)22-16-9-7-15(8-10-16)21-14(3)25/h4-11,13H,12H2,1-3H3,(H,21,25)(H,22,26). The first-order chi connectivity index (χ1) is 12.4. The number of nitrogens with zero attached hydrogens (tertiary/aromatic N) is 2. The maximum absolute atomic E-state index is 12.7. The van der Waals surface area contributed by atoms with Crippen LogP contribution in [0.15, 0.2) is 48.7 Å². The van der Waals surface area contributed by atoms with Gasteiger partial charge < -0.3 is 15.0 Å². The second-order valence-corrected chi connectivity index (χ2v) is 6.64. The zero-order chi connectivity index (χ0) is 18.7. The van der Waals surface area contributed by atoms with Gasteiger partial charge in [0.15, 0.2) is 5.69 Å². The van der Waals surface area contributed by atoms with Crippen LogP contribution in [-0.2, 0) is 11.2 Å². The van der Waals surface area contributed by atoms with Gasteiger partial charge in [-0.3, -0.25) is 9.59 Å². The molecule has 2 amide bonds. The van der Waals surface area contributed by atoms with Crippen molar-refractivity contribution in [3.63, 3.8) is 0 Å². The lowest BCUT2D eigenvalue weighted by Gasteiger charge is -2.06. The molecule has 0 saturated carbocycles. The average molecular weight is 350 g/mol. The minimum atomic E-state index is -0.254. The number of carbonyl (C=O) groups is 2. The van der Waals surface area contributed by atoms with Crippen LogP contribution in [0.1, 0.15) is 37.1 Å². The third-order valence-electron chi connectivity index (χ3n) is 3.89. The predicted octanol–water partition coefficient (Wildman–Crippen LogP) is 3.74. The van der Waals surface area contributed by atoms with E-state index in [4.69, 9.17) is 0 Å². The summed E-state index contributed by atoms with van der Waals surface area (Å²) in [5.74, 6) is 0.930. The first kappa shape index (κ1) is 17.7. The van der Waals surface area contributed by atoms with Crippen LogP contribution < -0.4 is 10.6 Å². The van der Waals surface area contributed by atoms with Crippen molar-refractivity contribution < 1.29 is 9.59 Å². The van der Waals surface area contributed by atoms with Gasteiger partial charge in [0.05, 0.1) is 5.52 Å². The summed E-state index contributed by atoms with van der Waals surface area (Å²) in [5, 5.41) is 5.57. The van der Waals surface area contributed by atoms with E-state index in [0.717, 1.165) is 17.8 Å². The molecule has 0 spiro atoms. The molecule has 2 N–H and O–H groups in total. The van der Waals surface area contributed by atoms with Gasteiger partial charge in [0.1, 0.15) is 5.82 Å². The van der Waals surface area contributed by atoms with Crippen LogP contribution in [0.25, 0.3) is 5.52 Å². The number of rotatable bonds is 5. The summed E-state index contributed by atoms with van der Waals surface area (Å²) in [6, 6.07) is 12.7. The maximum atomic E-state index is 12.7. The Morgan fingerprint density at radius 1 is 1.04 bits per heavy atom. The summed E-state index contributed by atoms with van der Waals surface area (Å²) < 4.78 is 1.97. The lowest BCUT2D eigenvalue weighted by Crippen LogP contribution is -2.13. The Morgan fingerprint density at radius 2 is 1.69 bits per heavy atom. The minimum Gasteiger partial charge on any atom is -0.326 e. The summed E-state index contributed by atoms with van der Waals surface area (Å²) in [4.78, 5) is 28.4. The Hall–Kier alpha value is -3.15. The molecule has 0 saturated heterocycles. The fourth-order valence-corrected chi connectivity index (χ4v) is 2.81. The number of hydrogen-bond donors (Lipinski definition) is 2. The molecule has 3 aromatic rings. The van der Waals surface area contributed by atoms with Crippen molar-refractivity contribution in [3.8, 4) is 0 Å². The molecular weight excluding hydrogens is 328 g/mol. The van der Waals surface area contributed by atoms with Crippen LogP contribution in [0, 0.1) is 5.92 Å². The molecule has 134 valence electrons. The fraction of sp³-hybridized carbons (Fsp3) is 0.250. The monoisotopic (exact) mass is 350 g/mol. The van der Waals surface area contributed by atoms with Crippen molar-refractivity contribution >= 4 is 28.7 Å². The summed E-state index contributed by atoms with van der Waals surface area (Å²) in [7, 11) is 0. The number of nitrogens with one attached hydrogen (secondary N) is 2. The molecule has 6 heteroatoms. The number of fused-ring (bicyclic) bond motifs is 1. The second-order valence-electron chi connectivity index (χ2n) is 6.64. The third kappa shape index (κ3) is 3.91. The van der Waals surface area contributed by atoms with Crippen molar-refractivity contribution in [2.24, 2.45) is 5.92 Å². The molecule has 0 aliphatic rings.